The smallest absolute Gasteiger partial charge is 0.0593 e. The van der Waals surface area contributed by atoms with Crippen molar-refractivity contribution in [1.29, 1.82) is 0 Å². The lowest BCUT2D eigenvalue weighted by molar-refractivity contribution is -0.00316. The first-order valence-electron chi connectivity index (χ1n) is 11.7. The Kier molecular flexibility index (Phi) is 21.0. The van der Waals surface area contributed by atoms with Gasteiger partial charge in [-0.05, 0) is 38.5 Å². The number of hydrogen-bond acceptors (Lipinski definition) is 2. The van der Waals surface area contributed by atoms with Gasteiger partial charge in [0.2, 0.25) is 0 Å². The van der Waals surface area contributed by atoms with Crippen molar-refractivity contribution < 1.29 is 10.2 Å². The average Bonchev–Trinajstić information content (AvgIpc) is 2.66. The van der Waals surface area contributed by atoms with E-state index >= 15 is 0 Å². The lowest BCUT2D eigenvalue weighted by atomic mass is 9.85. The van der Waals surface area contributed by atoms with Crippen LogP contribution in [0, 0.1) is 5.92 Å². The molecule has 2 atom stereocenters. The molecule has 0 bridgehead atoms. The maximum Gasteiger partial charge on any atom is 0.0593 e. The summed E-state index contributed by atoms with van der Waals surface area (Å²) in [6.45, 7) is 4.39. The first-order valence-corrected chi connectivity index (χ1v) is 12.9. The fraction of sp³-hybridized carbons (Fsp3) is 0.917. The van der Waals surface area contributed by atoms with E-state index in [9.17, 15) is 10.2 Å². The van der Waals surface area contributed by atoms with Crippen LogP contribution in [0.1, 0.15) is 117 Å². The van der Waals surface area contributed by atoms with Crippen LogP contribution in [-0.2, 0) is 0 Å². The minimum Gasteiger partial charge on any atom is -0.393 e. The number of allylic oxidation sites excluding steroid dienone is 2. The summed E-state index contributed by atoms with van der Waals surface area (Å²) in [7, 11) is 0. The summed E-state index contributed by atoms with van der Waals surface area (Å²) in [5.74, 6) is 0.0749. The highest BCUT2D eigenvalue weighted by atomic mass is 79.9. The van der Waals surface area contributed by atoms with Crippen LogP contribution in [-0.4, -0.2) is 27.8 Å². The second-order valence-electron chi connectivity index (χ2n) is 8.08. The summed E-state index contributed by atoms with van der Waals surface area (Å²) in [4.78, 5) is 0. The zero-order valence-corrected chi connectivity index (χ0v) is 19.8. The van der Waals surface area contributed by atoms with E-state index < -0.39 is 0 Å². The molecule has 27 heavy (non-hydrogen) atoms. The Morgan fingerprint density at radius 1 is 0.630 bits per heavy atom. The Morgan fingerprint density at radius 3 is 1.67 bits per heavy atom. The van der Waals surface area contributed by atoms with Gasteiger partial charge in [-0.3, -0.25) is 0 Å². The average molecular weight is 448 g/mol. The zero-order chi connectivity index (χ0) is 20.2. The lowest BCUT2D eigenvalue weighted by Crippen LogP contribution is -2.32. The van der Waals surface area contributed by atoms with Gasteiger partial charge in [0.25, 0.3) is 0 Å². The van der Waals surface area contributed by atoms with Crippen LogP contribution in [0.15, 0.2) is 12.2 Å². The quantitative estimate of drug-likeness (QED) is 0.115. The molecule has 0 saturated carbocycles. The van der Waals surface area contributed by atoms with E-state index in [1.54, 1.807) is 0 Å². The van der Waals surface area contributed by atoms with Gasteiger partial charge in [-0.15, -0.1) is 0 Å². The van der Waals surface area contributed by atoms with Gasteiger partial charge in [0.1, 0.15) is 0 Å². The molecule has 0 spiro atoms. The molecule has 0 heterocycles. The van der Waals surface area contributed by atoms with Crippen molar-refractivity contribution in [3.05, 3.63) is 12.2 Å². The molecule has 0 radical (unpaired) electrons. The molecule has 0 fully saturated rings. The highest BCUT2D eigenvalue weighted by molar-refractivity contribution is 9.09. The minimum absolute atomic E-state index is 0.0749. The van der Waals surface area contributed by atoms with Gasteiger partial charge in [-0.25, -0.2) is 0 Å². The second kappa shape index (κ2) is 20.9. The molecule has 0 amide bonds. The topological polar surface area (TPSA) is 40.5 Å². The van der Waals surface area contributed by atoms with E-state index in [0.717, 1.165) is 50.3 Å². The Labute approximate surface area is 178 Å². The molecule has 0 aliphatic carbocycles. The Hall–Kier alpha value is 0.140. The van der Waals surface area contributed by atoms with E-state index in [-0.39, 0.29) is 18.1 Å². The number of aliphatic hydroxyl groups excluding tert-OH is 2. The van der Waals surface area contributed by atoms with Crippen LogP contribution >= 0.6 is 15.9 Å². The monoisotopic (exact) mass is 446 g/mol. The number of unbranched alkanes of at least 4 members (excludes halogenated alkanes) is 9. The molecule has 0 rings (SSSR count). The van der Waals surface area contributed by atoms with Gasteiger partial charge in [-0.2, -0.15) is 0 Å². The first kappa shape index (κ1) is 27.1. The number of aliphatic hydroxyl groups is 2. The largest absolute Gasteiger partial charge is 0.393 e. The first-order chi connectivity index (χ1) is 13.2. The van der Waals surface area contributed by atoms with Crippen LogP contribution in [0.2, 0.25) is 0 Å². The molecule has 3 heteroatoms. The van der Waals surface area contributed by atoms with E-state index in [1.165, 1.54) is 57.8 Å². The fourth-order valence-corrected chi connectivity index (χ4v) is 4.01. The van der Waals surface area contributed by atoms with Gasteiger partial charge in [0, 0.05) is 11.2 Å². The highest BCUT2D eigenvalue weighted by Gasteiger charge is 2.25. The number of hydrogen-bond donors (Lipinski definition) is 2. The summed E-state index contributed by atoms with van der Waals surface area (Å²) in [5.41, 5.74) is 0. The Balaban J connectivity index is 4.07. The van der Waals surface area contributed by atoms with Crippen molar-refractivity contribution >= 4 is 15.9 Å². The summed E-state index contributed by atoms with van der Waals surface area (Å²) in [6.07, 6.45) is 22.0. The normalized spacial score (nSPS) is 15.3. The molecule has 2 N–H and O–H groups in total. The number of rotatable bonds is 20. The van der Waals surface area contributed by atoms with Gasteiger partial charge in [0.15, 0.2) is 0 Å². The van der Waals surface area contributed by atoms with Crippen molar-refractivity contribution in [3.63, 3.8) is 0 Å². The molecule has 0 aromatic rings. The van der Waals surface area contributed by atoms with Gasteiger partial charge >= 0.3 is 0 Å². The van der Waals surface area contributed by atoms with Crippen molar-refractivity contribution in [2.45, 2.75) is 129 Å². The molecule has 0 aliphatic heterocycles. The molecule has 0 aromatic heterocycles. The summed E-state index contributed by atoms with van der Waals surface area (Å²) in [6, 6.07) is 0. The number of alkyl halides is 1. The molecule has 2 unspecified atom stereocenters. The third-order valence-corrected chi connectivity index (χ3v) is 6.00. The minimum atomic E-state index is -0.326. The van der Waals surface area contributed by atoms with Crippen LogP contribution in [0.5, 0.6) is 0 Å². The number of halogens is 1. The molecule has 162 valence electrons. The summed E-state index contributed by atoms with van der Waals surface area (Å²) < 4.78 is 0. The SMILES string of the molecule is CCCCCC(O)C(CCCCCCC/C=C/CCBr)C(O)CCCCC. The Morgan fingerprint density at radius 2 is 1.11 bits per heavy atom. The van der Waals surface area contributed by atoms with Gasteiger partial charge in [0.05, 0.1) is 12.2 Å². The van der Waals surface area contributed by atoms with Crippen molar-refractivity contribution in [2.75, 3.05) is 5.33 Å². The van der Waals surface area contributed by atoms with E-state index in [2.05, 4.69) is 41.9 Å². The molecule has 2 nitrogen and oxygen atoms in total. The van der Waals surface area contributed by atoms with Crippen molar-refractivity contribution in [1.82, 2.24) is 0 Å². The third-order valence-electron chi connectivity index (χ3n) is 5.55. The maximum atomic E-state index is 10.6. The summed E-state index contributed by atoms with van der Waals surface area (Å²) in [5, 5.41) is 22.3. The molecule has 0 aliphatic rings. The second-order valence-corrected chi connectivity index (χ2v) is 8.88. The molecular weight excluding hydrogens is 400 g/mol. The predicted molar refractivity (Wildman–Crippen MR) is 124 cm³/mol. The lowest BCUT2D eigenvalue weighted by Gasteiger charge is -2.28. The molecule has 0 saturated heterocycles. The fourth-order valence-electron chi connectivity index (χ4n) is 3.75. The van der Waals surface area contributed by atoms with E-state index in [0.29, 0.717) is 0 Å². The Bertz CT molecular complexity index is 304. The van der Waals surface area contributed by atoms with Crippen LogP contribution in [0.4, 0.5) is 0 Å². The maximum absolute atomic E-state index is 10.6. The highest BCUT2D eigenvalue weighted by Crippen LogP contribution is 2.25. The zero-order valence-electron chi connectivity index (χ0n) is 18.2. The van der Waals surface area contributed by atoms with Crippen LogP contribution in [0.25, 0.3) is 0 Å². The predicted octanol–water partition coefficient (Wildman–Crippen LogP) is 7.56. The van der Waals surface area contributed by atoms with Crippen LogP contribution < -0.4 is 0 Å². The van der Waals surface area contributed by atoms with Crippen LogP contribution in [0.3, 0.4) is 0 Å². The van der Waals surface area contributed by atoms with E-state index in [1.807, 2.05) is 0 Å². The van der Waals surface area contributed by atoms with Crippen molar-refractivity contribution in [3.8, 4) is 0 Å². The standard InChI is InChI=1S/C24H47BrO2/c1-3-5-14-19-23(26)22(24(27)20-15-6-4-2)18-16-12-10-8-7-9-11-13-17-21-25/h11,13,22-24,26-27H,3-10,12,14-21H2,1-2H3/b13-11+. The summed E-state index contributed by atoms with van der Waals surface area (Å²) >= 11 is 3.44. The van der Waals surface area contributed by atoms with E-state index in [4.69, 9.17) is 0 Å². The van der Waals surface area contributed by atoms with Crippen molar-refractivity contribution in [2.24, 2.45) is 5.92 Å². The van der Waals surface area contributed by atoms with Gasteiger partial charge in [-0.1, -0.05) is 106 Å². The van der Waals surface area contributed by atoms with Gasteiger partial charge < -0.3 is 10.2 Å². The molecule has 0 aromatic carbocycles. The molecular formula is C24H47BrO2. The third kappa shape index (κ3) is 16.8.